The highest BCUT2D eigenvalue weighted by molar-refractivity contribution is 7.98. The highest BCUT2D eigenvalue weighted by Gasteiger charge is 2.24. The lowest BCUT2D eigenvalue weighted by atomic mass is 10.1. The van der Waals surface area contributed by atoms with E-state index in [0.29, 0.717) is 24.2 Å². The fraction of sp³-hybridized carbons (Fsp3) is 0.263. The van der Waals surface area contributed by atoms with Crippen LogP contribution in [-0.4, -0.2) is 24.6 Å². The van der Waals surface area contributed by atoms with Gasteiger partial charge in [0.25, 0.3) is 5.91 Å². The first kappa shape index (κ1) is 16.6. The zero-order valence-electron chi connectivity index (χ0n) is 13.8. The maximum atomic E-state index is 12.7. The Kier molecular flexibility index (Phi) is 4.90. The van der Waals surface area contributed by atoms with Crippen LogP contribution in [-0.2, 0) is 4.79 Å². The van der Waals surface area contributed by atoms with Gasteiger partial charge in [-0.1, -0.05) is 18.2 Å². The number of amides is 2. The van der Waals surface area contributed by atoms with Crippen molar-refractivity contribution in [1.29, 1.82) is 0 Å². The minimum atomic E-state index is -0.150. The van der Waals surface area contributed by atoms with Gasteiger partial charge in [-0.2, -0.15) is 0 Å². The van der Waals surface area contributed by atoms with E-state index in [1.165, 1.54) is 0 Å². The molecule has 0 spiro atoms. The molecular weight excluding hydrogens is 320 g/mol. The van der Waals surface area contributed by atoms with Crippen LogP contribution >= 0.6 is 11.8 Å². The molecule has 1 aliphatic rings. The number of carbonyl (C=O) groups excluding carboxylic acids is 2. The van der Waals surface area contributed by atoms with E-state index in [9.17, 15) is 9.59 Å². The number of thioether (sulfide) groups is 1. The first-order valence-corrected chi connectivity index (χ1v) is 9.18. The molecule has 2 aromatic rings. The van der Waals surface area contributed by atoms with Gasteiger partial charge in [0.2, 0.25) is 5.91 Å². The van der Waals surface area contributed by atoms with E-state index in [-0.39, 0.29) is 11.8 Å². The lowest BCUT2D eigenvalue weighted by molar-refractivity contribution is -0.117. The zero-order chi connectivity index (χ0) is 17.1. The summed E-state index contributed by atoms with van der Waals surface area (Å²) in [6, 6.07) is 13.3. The van der Waals surface area contributed by atoms with E-state index in [1.807, 2.05) is 55.6 Å². The van der Waals surface area contributed by atoms with Crippen LogP contribution in [0, 0.1) is 6.92 Å². The Morgan fingerprint density at radius 3 is 2.71 bits per heavy atom. The number of hydrogen-bond donors (Lipinski definition) is 1. The molecule has 2 amide bonds. The van der Waals surface area contributed by atoms with Gasteiger partial charge in [-0.25, -0.2) is 0 Å². The van der Waals surface area contributed by atoms with Crippen molar-refractivity contribution in [2.75, 3.05) is 23.0 Å². The molecule has 4 nitrogen and oxygen atoms in total. The molecule has 1 heterocycles. The molecule has 0 saturated carbocycles. The summed E-state index contributed by atoms with van der Waals surface area (Å²) in [5, 5.41) is 2.97. The molecule has 0 aromatic heterocycles. The van der Waals surface area contributed by atoms with Crippen LogP contribution in [0.4, 0.5) is 11.4 Å². The van der Waals surface area contributed by atoms with Crippen LogP contribution in [0.3, 0.4) is 0 Å². The van der Waals surface area contributed by atoms with Crippen LogP contribution in [0.25, 0.3) is 0 Å². The monoisotopic (exact) mass is 340 g/mol. The van der Waals surface area contributed by atoms with Crippen molar-refractivity contribution in [2.45, 2.75) is 24.7 Å². The number of rotatable bonds is 4. The second-order valence-electron chi connectivity index (χ2n) is 5.80. The number of carbonyl (C=O) groups is 2. The highest BCUT2D eigenvalue weighted by Crippen LogP contribution is 2.30. The molecular formula is C19H20N2O2S. The van der Waals surface area contributed by atoms with Gasteiger partial charge in [-0.3, -0.25) is 9.59 Å². The molecule has 124 valence electrons. The van der Waals surface area contributed by atoms with E-state index in [4.69, 9.17) is 0 Å². The average molecular weight is 340 g/mol. The second-order valence-corrected chi connectivity index (χ2v) is 6.68. The standard InChI is InChI=1S/C19H20N2O2S/c1-13-9-10-14(24-2)12-15(13)19(23)20-16-6-3-4-7-17(16)21-11-5-8-18(21)22/h3-4,6-7,9-10,12H,5,8,11H2,1-2H3,(H,20,23). The van der Waals surface area contributed by atoms with Crippen LogP contribution in [0.5, 0.6) is 0 Å². The summed E-state index contributed by atoms with van der Waals surface area (Å²) >= 11 is 1.61. The van der Waals surface area contributed by atoms with Gasteiger partial charge < -0.3 is 10.2 Å². The zero-order valence-corrected chi connectivity index (χ0v) is 14.7. The highest BCUT2D eigenvalue weighted by atomic mass is 32.2. The summed E-state index contributed by atoms with van der Waals surface area (Å²) in [6.45, 7) is 2.63. The molecule has 2 aromatic carbocycles. The van der Waals surface area contributed by atoms with Crippen LogP contribution in [0.15, 0.2) is 47.4 Å². The van der Waals surface area contributed by atoms with Crippen molar-refractivity contribution in [2.24, 2.45) is 0 Å². The summed E-state index contributed by atoms with van der Waals surface area (Å²) in [6.07, 6.45) is 3.41. The van der Waals surface area contributed by atoms with Gasteiger partial charge >= 0.3 is 0 Å². The number of para-hydroxylation sites is 2. The fourth-order valence-electron chi connectivity index (χ4n) is 2.88. The molecule has 1 aliphatic heterocycles. The van der Waals surface area contributed by atoms with Gasteiger partial charge in [0, 0.05) is 23.4 Å². The largest absolute Gasteiger partial charge is 0.320 e. The molecule has 1 N–H and O–H groups in total. The number of benzene rings is 2. The van der Waals surface area contributed by atoms with E-state index in [2.05, 4.69) is 5.32 Å². The number of nitrogens with zero attached hydrogens (tertiary/aromatic N) is 1. The minimum Gasteiger partial charge on any atom is -0.320 e. The van der Waals surface area contributed by atoms with Gasteiger partial charge in [-0.15, -0.1) is 11.8 Å². The molecule has 0 bridgehead atoms. The smallest absolute Gasteiger partial charge is 0.256 e. The molecule has 1 saturated heterocycles. The van der Waals surface area contributed by atoms with Gasteiger partial charge in [0.15, 0.2) is 0 Å². The topological polar surface area (TPSA) is 49.4 Å². The summed E-state index contributed by atoms with van der Waals surface area (Å²) in [5.41, 5.74) is 3.03. The predicted octanol–water partition coefficient (Wildman–Crippen LogP) is 4.10. The summed E-state index contributed by atoms with van der Waals surface area (Å²) in [5.74, 6) is -0.0419. The molecule has 0 unspecified atom stereocenters. The second kappa shape index (κ2) is 7.09. The molecule has 24 heavy (non-hydrogen) atoms. The summed E-state index contributed by atoms with van der Waals surface area (Å²) in [7, 11) is 0. The van der Waals surface area contributed by atoms with Gasteiger partial charge in [0.05, 0.1) is 11.4 Å². The Morgan fingerprint density at radius 2 is 2.00 bits per heavy atom. The number of nitrogens with one attached hydrogen (secondary N) is 1. The minimum absolute atomic E-state index is 0.109. The molecule has 0 radical (unpaired) electrons. The third-order valence-electron chi connectivity index (χ3n) is 4.21. The van der Waals surface area contributed by atoms with E-state index in [0.717, 1.165) is 22.6 Å². The van der Waals surface area contributed by atoms with Gasteiger partial charge in [-0.05, 0) is 49.4 Å². The van der Waals surface area contributed by atoms with Crippen LogP contribution < -0.4 is 10.2 Å². The number of anilines is 2. The van der Waals surface area contributed by atoms with E-state index < -0.39 is 0 Å². The van der Waals surface area contributed by atoms with Gasteiger partial charge in [0.1, 0.15) is 0 Å². The Hall–Kier alpha value is -2.27. The van der Waals surface area contributed by atoms with E-state index in [1.54, 1.807) is 16.7 Å². The maximum Gasteiger partial charge on any atom is 0.256 e. The number of aryl methyl sites for hydroxylation is 1. The molecule has 0 atom stereocenters. The average Bonchev–Trinajstić information content (AvgIpc) is 3.01. The summed E-state index contributed by atoms with van der Waals surface area (Å²) in [4.78, 5) is 27.6. The quantitative estimate of drug-likeness (QED) is 0.853. The Balaban J connectivity index is 1.89. The fourth-order valence-corrected chi connectivity index (χ4v) is 3.32. The lowest BCUT2D eigenvalue weighted by Crippen LogP contribution is -2.25. The normalized spacial score (nSPS) is 14.1. The SMILES string of the molecule is CSc1ccc(C)c(C(=O)Nc2ccccc2N2CCCC2=O)c1. The predicted molar refractivity (Wildman–Crippen MR) is 98.9 cm³/mol. The molecule has 0 aliphatic carbocycles. The van der Waals surface area contributed by atoms with Crippen molar-refractivity contribution in [1.82, 2.24) is 0 Å². The number of hydrogen-bond acceptors (Lipinski definition) is 3. The first-order valence-electron chi connectivity index (χ1n) is 7.95. The Labute approximate surface area is 146 Å². The van der Waals surface area contributed by atoms with Crippen molar-refractivity contribution in [3.63, 3.8) is 0 Å². The molecule has 5 heteroatoms. The third-order valence-corrected chi connectivity index (χ3v) is 4.93. The maximum absolute atomic E-state index is 12.7. The van der Waals surface area contributed by atoms with E-state index >= 15 is 0 Å². The Bertz CT molecular complexity index is 789. The van der Waals surface area contributed by atoms with Crippen molar-refractivity contribution < 1.29 is 9.59 Å². The third kappa shape index (κ3) is 3.31. The van der Waals surface area contributed by atoms with Crippen LogP contribution in [0.1, 0.15) is 28.8 Å². The first-order chi connectivity index (χ1) is 11.6. The molecule has 1 fully saturated rings. The van der Waals surface area contributed by atoms with Crippen molar-refractivity contribution in [3.8, 4) is 0 Å². The lowest BCUT2D eigenvalue weighted by Gasteiger charge is -2.20. The summed E-state index contributed by atoms with van der Waals surface area (Å²) < 4.78 is 0. The van der Waals surface area contributed by atoms with Crippen molar-refractivity contribution >= 4 is 35.0 Å². The van der Waals surface area contributed by atoms with Crippen LogP contribution in [0.2, 0.25) is 0 Å². The molecule has 3 rings (SSSR count). The van der Waals surface area contributed by atoms with Crippen molar-refractivity contribution in [3.05, 3.63) is 53.6 Å². The Morgan fingerprint density at radius 1 is 1.21 bits per heavy atom.